The standard InChI is InChI=1S/C21H21N3O5/c1-13-18(20(26)28-2)19(24-21(27)22-13)14-8-10-16(11-9-14)29-12-17(25)23-15-6-4-3-5-7-15/h3-11,19H,12H2,1-2H3,(H,23,25)(H2,22,24,27)/t19-/m1/s1. The van der Waals surface area contributed by atoms with Crippen LogP contribution in [0.5, 0.6) is 5.75 Å². The normalized spacial score (nSPS) is 15.8. The monoisotopic (exact) mass is 395 g/mol. The van der Waals surface area contributed by atoms with Crippen LogP contribution in [-0.2, 0) is 14.3 Å². The van der Waals surface area contributed by atoms with Crippen molar-refractivity contribution in [1.82, 2.24) is 10.6 Å². The van der Waals surface area contributed by atoms with Gasteiger partial charge in [0.15, 0.2) is 6.61 Å². The molecule has 3 amide bonds. The van der Waals surface area contributed by atoms with Gasteiger partial charge in [-0.3, -0.25) is 4.79 Å². The summed E-state index contributed by atoms with van der Waals surface area (Å²) in [5.74, 6) is -0.326. The number of rotatable bonds is 6. The SMILES string of the molecule is COC(=O)C1=C(C)NC(=O)N[C@@H]1c1ccc(OCC(=O)Nc2ccccc2)cc1. The second-order valence-corrected chi connectivity index (χ2v) is 6.33. The summed E-state index contributed by atoms with van der Waals surface area (Å²) in [6.07, 6.45) is 0. The van der Waals surface area contributed by atoms with Gasteiger partial charge in [-0.15, -0.1) is 0 Å². The Balaban J connectivity index is 1.66. The van der Waals surface area contributed by atoms with Crippen molar-refractivity contribution in [2.45, 2.75) is 13.0 Å². The van der Waals surface area contributed by atoms with E-state index in [-0.39, 0.29) is 12.5 Å². The van der Waals surface area contributed by atoms with Crippen LogP contribution in [0.15, 0.2) is 65.9 Å². The minimum Gasteiger partial charge on any atom is -0.484 e. The number of ether oxygens (including phenoxy) is 2. The highest BCUT2D eigenvalue weighted by molar-refractivity contribution is 5.95. The largest absolute Gasteiger partial charge is 0.484 e. The van der Waals surface area contributed by atoms with E-state index < -0.39 is 18.0 Å². The van der Waals surface area contributed by atoms with Crippen LogP contribution in [0.1, 0.15) is 18.5 Å². The highest BCUT2D eigenvalue weighted by Gasteiger charge is 2.31. The molecule has 0 saturated heterocycles. The second kappa shape index (κ2) is 8.92. The van der Waals surface area contributed by atoms with Crippen LogP contribution in [0.2, 0.25) is 0 Å². The van der Waals surface area contributed by atoms with Crippen molar-refractivity contribution in [3.63, 3.8) is 0 Å². The molecule has 0 radical (unpaired) electrons. The summed E-state index contributed by atoms with van der Waals surface area (Å²) >= 11 is 0. The molecule has 8 heteroatoms. The molecule has 8 nitrogen and oxygen atoms in total. The maximum Gasteiger partial charge on any atom is 0.337 e. The fourth-order valence-electron chi connectivity index (χ4n) is 2.95. The molecule has 0 aliphatic carbocycles. The van der Waals surface area contributed by atoms with Gasteiger partial charge in [0.2, 0.25) is 0 Å². The highest BCUT2D eigenvalue weighted by Crippen LogP contribution is 2.28. The Morgan fingerprint density at radius 2 is 1.76 bits per heavy atom. The molecular formula is C21H21N3O5. The molecule has 0 spiro atoms. The first-order valence-electron chi connectivity index (χ1n) is 8.92. The van der Waals surface area contributed by atoms with Gasteiger partial charge in [0, 0.05) is 11.4 Å². The number of urea groups is 1. The molecule has 3 rings (SSSR count). The third-order valence-corrected chi connectivity index (χ3v) is 4.32. The van der Waals surface area contributed by atoms with Crippen LogP contribution >= 0.6 is 0 Å². The minimum absolute atomic E-state index is 0.148. The fraction of sp³-hybridized carbons (Fsp3) is 0.190. The molecule has 0 aromatic heterocycles. The number of esters is 1. The number of allylic oxidation sites excluding steroid dienone is 1. The van der Waals surface area contributed by atoms with Crippen LogP contribution in [0.4, 0.5) is 10.5 Å². The average molecular weight is 395 g/mol. The zero-order chi connectivity index (χ0) is 20.8. The number of nitrogens with one attached hydrogen (secondary N) is 3. The molecular weight excluding hydrogens is 374 g/mol. The zero-order valence-corrected chi connectivity index (χ0v) is 16.0. The molecule has 1 aliphatic rings. The van der Waals surface area contributed by atoms with Gasteiger partial charge < -0.3 is 25.4 Å². The Labute approximate surface area is 167 Å². The van der Waals surface area contributed by atoms with E-state index in [0.29, 0.717) is 28.3 Å². The maximum absolute atomic E-state index is 12.1. The summed E-state index contributed by atoms with van der Waals surface area (Å²) in [6, 6.07) is 14.8. The molecule has 150 valence electrons. The summed E-state index contributed by atoms with van der Waals surface area (Å²) in [7, 11) is 1.29. The highest BCUT2D eigenvalue weighted by atomic mass is 16.5. The van der Waals surface area contributed by atoms with E-state index >= 15 is 0 Å². The first kappa shape index (κ1) is 19.9. The van der Waals surface area contributed by atoms with E-state index in [2.05, 4.69) is 16.0 Å². The lowest BCUT2D eigenvalue weighted by Crippen LogP contribution is -2.45. The molecule has 3 N–H and O–H groups in total. The Morgan fingerprint density at radius 1 is 1.07 bits per heavy atom. The van der Waals surface area contributed by atoms with Gasteiger partial charge in [-0.25, -0.2) is 9.59 Å². The number of para-hydroxylation sites is 1. The summed E-state index contributed by atoms with van der Waals surface area (Å²) in [5, 5.41) is 8.01. The lowest BCUT2D eigenvalue weighted by atomic mass is 9.95. The van der Waals surface area contributed by atoms with E-state index in [1.54, 1.807) is 43.3 Å². The third-order valence-electron chi connectivity index (χ3n) is 4.32. The lowest BCUT2D eigenvalue weighted by Gasteiger charge is -2.27. The molecule has 1 atom stereocenters. The van der Waals surface area contributed by atoms with Crippen molar-refractivity contribution in [2.24, 2.45) is 0 Å². The summed E-state index contributed by atoms with van der Waals surface area (Å²) in [6.45, 7) is 1.49. The van der Waals surface area contributed by atoms with E-state index in [1.165, 1.54) is 7.11 Å². The van der Waals surface area contributed by atoms with Crippen LogP contribution in [0.3, 0.4) is 0 Å². The van der Waals surface area contributed by atoms with E-state index in [1.807, 2.05) is 18.2 Å². The number of benzene rings is 2. The summed E-state index contributed by atoms with van der Waals surface area (Å²) in [5.41, 5.74) is 2.13. The molecule has 1 aliphatic heterocycles. The zero-order valence-electron chi connectivity index (χ0n) is 16.0. The first-order chi connectivity index (χ1) is 14.0. The van der Waals surface area contributed by atoms with E-state index in [0.717, 1.165) is 0 Å². The van der Waals surface area contributed by atoms with Crippen molar-refractivity contribution in [3.05, 3.63) is 71.4 Å². The smallest absolute Gasteiger partial charge is 0.337 e. The first-order valence-corrected chi connectivity index (χ1v) is 8.92. The molecule has 29 heavy (non-hydrogen) atoms. The van der Waals surface area contributed by atoms with Gasteiger partial charge >= 0.3 is 12.0 Å². The lowest BCUT2D eigenvalue weighted by molar-refractivity contribution is -0.136. The molecule has 0 fully saturated rings. The molecule has 0 saturated carbocycles. The van der Waals surface area contributed by atoms with Gasteiger partial charge in [-0.2, -0.15) is 0 Å². The Morgan fingerprint density at radius 3 is 2.41 bits per heavy atom. The second-order valence-electron chi connectivity index (χ2n) is 6.33. The van der Waals surface area contributed by atoms with Gasteiger partial charge in [0.05, 0.1) is 18.7 Å². The Bertz CT molecular complexity index is 939. The number of carbonyl (C=O) groups excluding carboxylic acids is 3. The van der Waals surface area contributed by atoms with Crippen molar-refractivity contribution >= 4 is 23.6 Å². The molecule has 2 aromatic carbocycles. The van der Waals surface area contributed by atoms with Crippen molar-refractivity contribution in [3.8, 4) is 5.75 Å². The van der Waals surface area contributed by atoms with Crippen LogP contribution in [0.25, 0.3) is 0 Å². The molecule has 0 bridgehead atoms. The number of anilines is 1. The van der Waals surface area contributed by atoms with Crippen molar-refractivity contribution in [2.75, 3.05) is 19.0 Å². The number of carbonyl (C=O) groups is 3. The van der Waals surface area contributed by atoms with Crippen LogP contribution in [0, 0.1) is 0 Å². The number of amides is 3. The quantitative estimate of drug-likeness (QED) is 0.652. The summed E-state index contributed by atoms with van der Waals surface area (Å²) < 4.78 is 10.3. The maximum atomic E-state index is 12.1. The number of methoxy groups -OCH3 is 1. The van der Waals surface area contributed by atoms with Crippen molar-refractivity contribution in [1.29, 1.82) is 0 Å². The molecule has 1 heterocycles. The average Bonchev–Trinajstić information content (AvgIpc) is 2.72. The van der Waals surface area contributed by atoms with E-state index in [9.17, 15) is 14.4 Å². The minimum atomic E-state index is -0.647. The summed E-state index contributed by atoms with van der Waals surface area (Å²) in [4.78, 5) is 35.9. The predicted octanol–water partition coefficient (Wildman–Crippen LogP) is 2.50. The van der Waals surface area contributed by atoms with Crippen LogP contribution in [-0.4, -0.2) is 31.6 Å². The Kier molecular flexibility index (Phi) is 6.13. The number of hydrogen-bond acceptors (Lipinski definition) is 5. The van der Waals surface area contributed by atoms with Crippen LogP contribution < -0.4 is 20.7 Å². The third kappa shape index (κ3) is 4.92. The molecule has 2 aromatic rings. The van der Waals surface area contributed by atoms with E-state index in [4.69, 9.17) is 9.47 Å². The number of hydrogen-bond donors (Lipinski definition) is 3. The Hall–Kier alpha value is -3.81. The van der Waals surface area contributed by atoms with Crippen molar-refractivity contribution < 1.29 is 23.9 Å². The van der Waals surface area contributed by atoms with Gasteiger partial charge in [-0.1, -0.05) is 30.3 Å². The van der Waals surface area contributed by atoms with Gasteiger partial charge in [0.1, 0.15) is 5.75 Å². The predicted molar refractivity (Wildman–Crippen MR) is 106 cm³/mol. The van der Waals surface area contributed by atoms with Gasteiger partial charge in [0.25, 0.3) is 5.91 Å². The fourth-order valence-corrected chi connectivity index (χ4v) is 2.95. The molecule has 0 unspecified atom stereocenters. The topological polar surface area (TPSA) is 106 Å². The van der Waals surface area contributed by atoms with Gasteiger partial charge in [-0.05, 0) is 36.8 Å².